The highest BCUT2D eigenvalue weighted by atomic mass is 16.5. The maximum Gasteiger partial charge on any atom is 0.284 e. The number of nitrogens with zero attached hydrogens (tertiary/aromatic N) is 1. The van der Waals surface area contributed by atoms with E-state index < -0.39 is 5.91 Å². The molecule has 7 heteroatoms. The maximum atomic E-state index is 12.1. The number of H-pyrrole nitrogens is 1. The molecule has 7 nitrogen and oxygen atoms in total. The zero-order valence-corrected chi connectivity index (χ0v) is 12.1. The number of hydrogen-bond acceptors (Lipinski definition) is 4. The topological polar surface area (TPSA) is 110 Å². The number of aromatic amines is 1. The van der Waals surface area contributed by atoms with Gasteiger partial charge < -0.3 is 20.8 Å². The average molecular weight is 300 g/mol. The van der Waals surface area contributed by atoms with E-state index in [2.05, 4.69) is 15.3 Å². The fraction of sp³-hybridized carbons (Fsp3) is 0.267. The molecule has 0 aliphatic carbocycles. The number of hydrogen-bond donors (Lipinski definition) is 3. The largest absolute Gasteiger partial charge is 0.496 e. The van der Waals surface area contributed by atoms with Crippen LogP contribution in [-0.2, 0) is 6.42 Å². The molecule has 2 amide bonds. The van der Waals surface area contributed by atoms with Crippen molar-refractivity contribution >= 4 is 11.8 Å². The SMILES string of the molecule is COc1ccccc1[C@@H]1CNC(=O)c2nc(C(N)=O)[nH]c2C1. The number of benzene rings is 1. The Kier molecular flexibility index (Phi) is 3.54. The number of amides is 2. The lowest BCUT2D eigenvalue weighted by atomic mass is 9.93. The number of imidazole rings is 1. The van der Waals surface area contributed by atoms with Crippen LogP contribution in [0.5, 0.6) is 5.75 Å². The maximum absolute atomic E-state index is 12.1. The van der Waals surface area contributed by atoms with Crippen LogP contribution in [0, 0.1) is 0 Å². The zero-order valence-electron chi connectivity index (χ0n) is 12.1. The second-order valence-corrected chi connectivity index (χ2v) is 5.13. The van der Waals surface area contributed by atoms with Crippen molar-refractivity contribution in [3.63, 3.8) is 0 Å². The molecule has 1 aliphatic rings. The third kappa shape index (κ3) is 2.41. The van der Waals surface area contributed by atoms with Gasteiger partial charge in [-0.2, -0.15) is 0 Å². The number of primary amides is 1. The van der Waals surface area contributed by atoms with Crippen LogP contribution in [0.25, 0.3) is 0 Å². The number of methoxy groups -OCH3 is 1. The molecule has 0 spiro atoms. The molecule has 2 heterocycles. The van der Waals surface area contributed by atoms with E-state index in [0.717, 1.165) is 11.3 Å². The summed E-state index contributed by atoms with van der Waals surface area (Å²) in [5, 5.41) is 2.82. The van der Waals surface area contributed by atoms with E-state index >= 15 is 0 Å². The molecule has 1 atom stereocenters. The monoisotopic (exact) mass is 300 g/mol. The number of fused-ring (bicyclic) bond motifs is 1. The number of rotatable bonds is 3. The van der Waals surface area contributed by atoms with Crippen molar-refractivity contribution in [1.82, 2.24) is 15.3 Å². The van der Waals surface area contributed by atoms with Gasteiger partial charge >= 0.3 is 0 Å². The smallest absolute Gasteiger partial charge is 0.284 e. The summed E-state index contributed by atoms with van der Waals surface area (Å²) in [4.78, 5) is 30.2. The van der Waals surface area contributed by atoms with E-state index in [4.69, 9.17) is 10.5 Å². The van der Waals surface area contributed by atoms with Crippen LogP contribution in [-0.4, -0.2) is 35.4 Å². The Bertz CT molecular complexity index is 738. The standard InChI is InChI=1S/C15H16N4O3/c1-22-11-5-3-2-4-9(11)8-6-10-12(15(21)17-7-8)19-14(18-10)13(16)20/h2-5,8H,6-7H2,1H3,(H2,16,20)(H,17,21)(H,18,19)/t8-/m0/s1. The number of carbonyl (C=O) groups is 2. The molecule has 1 aromatic heterocycles. The number of nitrogens with one attached hydrogen (secondary N) is 2. The lowest BCUT2D eigenvalue weighted by Crippen LogP contribution is -2.27. The Morgan fingerprint density at radius 1 is 1.41 bits per heavy atom. The Hall–Kier alpha value is -2.83. The molecule has 22 heavy (non-hydrogen) atoms. The molecule has 1 aliphatic heterocycles. The summed E-state index contributed by atoms with van der Waals surface area (Å²) in [5.74, 6) is -0.214. The molecule has 0 saturated heterocycles. The normalized spacial score (nSPS) is 17.3. The number of aromatic nitrogens is 2. The van der Waals surface area contributed by atoms with Crippen molar-refractivity contribution in [3.05, 3.63) is 47.0 Å². The zero-order chi connectivity index (χ0) is 15.7. The summed E-state index contributed by atoms with van der Waals surface area (Å²) in [6.07, 6.45) is 0.536. The number of ether oxygens (including phenoxy) is 1. The van der Waals surface area contributed by atoms with Gasteiger partial charge in [0, 0.05) is 18.2 Å². The van der Waals surface area contributed by atoms with Gasteiger partial charge in [0.25, 0.3) is 11.8 Å². The number of carbonyl (C=O) groups excluding carboxylic acids is 2. The predicted octanol–water partition coefficient (Wildman–Crippen LogP) is 0.587. The van der Waals surface area contributed by atoms with Gasteiger partial charge in [-0.3, -0.25) is 9.59 Å². The second-order valence-electron chi connectivity index (χ2n) is 5.13. The van der Waals surface area contributed by atoms with Crippen LogP contribution < -0.4 is 15.8 Å². The van der Waals surface area contributed by atoms with Crippen LogP contribution in [0.3, 0.4) is 0 Å². The van der Waals surface area contributed by atoms with Crippen LogP contribution in [0.1, 0.15) is 38.3 Å². The summed E-state index contributed by atoms with van der Waals surface area (Å²) in [7, 11) is 1.61. The quantitative estimate of drug-likeness (QED) is 0.770. The summed E-state index contributed by atoms with van der Waals surface area (Å²) in [6.45, 7) is 0.468. The van der Waals surface area contributed by atoms with E-state index in [1.807, 2.05) is 24.3 Å². The van der Waals surface area contributed by atoms with E-state index in [9.17, 15) is 9.59 Å². The Labute approximate surface area is 126 Å². The second kappa shape index (κ2) is 5.51. The molecule has 0 saturated carbocycles. The number of nitrogens with two attached hydrogens (primary N) is 1. The third-order valence-corrected chi connectivity index (χ3v) is 3.77. The van der Waals surface area contributed by atoms with E-state index in [0.29, 0.717) is 18.7 Å². The number of para-hydroxylation sites is 1. The highest BCUT2D eigenvalue weighted by molar-refractivity contribution is 5.96. The van der Waals surface area contributed by atoms with Crippen molar-refractivity contribution in [2.45, 2.75) is 12.3 Å². The molecule has 0 fully saturated rings. The van der Waals surface area contributed by atoms with Crippen molar-refractivity contribution in [2.75, 3.05) is 13.7 Å². The van der Waals surface area contributed by atoms with E-state index in [1.165, 1.54) is 0 Å². The van der Waals surface area contributed by atoms with Crippen molar-refractivity contribution in [2.24, 2.45) is 5.73 Å². The van der Waals surface area contributed by atoms with Crippen molar-refractivity contribution < 1.29 is 14.3 Å². The van der Waals surface area contributed by atoms with Crippen molar-refractivity contribution in [3.8, 4) is 5.75 Å². The fourth-order valence-corrected chi connectivity index (χ4v) is 2.70. The van der Waals surface area contributed by atoms with Gasteiger partial charge in [0.05, 0.1) is 7.11 Å². The first-order valence-corrected chi connectivity index (χ1v) is 6.90. The third-order valence-electron chi connectivity index (χ3n) is 3.77. The minimum absolute atomic E-state index is 0.000765. The van der Waals surface area contributed by atoms with Gasteiger partial charge in [-0.05, 0) is 18.1 Å². The highest BCUT2D eigenvalue weighted by Crippen LogP contribution is 2.30. The molecule has 114 valence electrons. The summed E-state index contributed by atoms with van der Waals surface area (Å²) in [6, 6.07) is 7.66. The van der Waals surface area contributed by atoms with Gasteiger partial charge in [-0.15, -0.1) is 0 Å². The Balaban J connectivity index is 1.99. The van der Waals surface area contributed by atoms with Crippen LogP contribution in [0.15, 0.2) is 24.3 Å². The fourth-order valence-electron chi connectivity index (χ4n) is 2.70. The molecule has 2 aromatic rings. The summed E-state index contributed by atoms with van der Waals surface area (Å²) >= 11 is 0. The molecule has 0 bridgehead atoms. The molecular formula is C15H16N4O3. The molecule has 0 unspecified atom stereocenters. The lowest BCUT2D eigenvalue weighted by Gasteiger charge is -2.17. The molecule has 1 aromatic carbocycles. The van der Waals surface area contributed by atoms with Gasteiger partial charge in [0.2, 0.25) is 0 Å². The highest BCUT2D eigenvalue weighted by Gasteiger charge is 2.28. The van der Waals surface area contributed by atoms with Crippen LogP contribution >= 0.6 is 0 Å². The minimum Gasteiger partial charge on any atom is -0.496 e. The van der Waals surface area contributed by atoms with Crippen molar-refractivity contribution in [1.29, 1.82) is 0 Å². The van der Waals surface area contributed by atoms with Gasteiger partial charge in [-0.1, -0.05) is 18.2 Å². The first-order chi connectivity index (χ1) is 10.6. The van der Waals surface area contributed by atoms with Crippen LogP contribution in [0.4, 0.5) is 0 Å². The van der Waals surface area contributed by atoms with E-state index in [-0.39, 0.29) is 23.3 Å². The van der Waals surface area contributed by atoms with Gasteiger partial charge in [-0.25, -0.2) is 4.98 Å². The Morgan fingerprint density at radius 3 is 2.91 bits per heavy atom. The van der Waals surface area contributed by atoms with Gasteiger partial charge in [0.15, 0.2) is 5.82 Å². The summed E-state index contributed by atoms with van der Waals surface area (Å²) in [5.41, 5.74) is 7.05. The minimum atomic E-state index is -0.685. The molecular weight excluding hydrogens is 284 g/mol. The van der Waals surface area contributed by atoms with Crippen LogP contribution in [0.2, 0.25) is 0 Å². The molecule has 4 N–H and O–H groups in total. The molecule has 0 radical (unpaired) electrons. The average Bonchev–Trinajstić information content (AvgIpc) is 2.89. The first kappa shape index (κ1) is 14.1. The lowest BCUT2D eigenvalue weighted by molar-refractivity contribution is 0.0950. The Morgan fingerprint density at radius 2 is 2.18 bits per heavy atom. The van der Waals surface area contributed by atoms with Gasteiger partial charge in [0.1, 0.15) is 11.4 Å². The van der Waals surface area contributed by atoms with E-state index in [1.54, 1.807) is 7.11 Å². The summed E-state index contributed by atoms with van der Waals surface area (Å²) < 4.78 is 5.38. The molecule has 3 rings (SSSR count). The first-order valence-electron chi connectivity index (χ1n) is 6.90. The predicted molar refractivity (Wildman–Crippen MR) is 78.9 cm³/mol.